The van der Waals surface area contributed by atoms with Crippen LogP contribution in [0.4, 0.5) is 0 Å². The summed E-state index contributed by atoms with van der Waals surface area (Å²) in [6.45, 7) is 0. The van der Waals surface area contributed by atoms with Crippen molar-refractivity contribution in [1.29, 1.82) is 0 Å². The highest BCUT2D eigenvalue weighted by Gasteiger charge is 2.23. The summed E-state index contributed by atoms with van der Waals surface area (Å²) in [5.41, 5.74) is 2.16. The van der Waals surface area contributed by atoms with Gasteiger partial charge in [-0.15, -0.1) is 0 Å². The molecule has 0 spiro atoms. The Morgan fingerprint density at radius 3 is 2.29 bits per heavy atom. The highest BCUT2D eigenvalue weighted by atomic mass is 16.6. The molecule has 0 fully saturated rings. The molecule has 0 unspecified atom stereocenters. The van der Waals surface area contributed by atoms with Crippen LogP contribution in [0.1, 0.15) is 11.1 Å². The van der Waals surface area contributed by atoms with E-state index in [0.717, 1.165) is 11.1 Å². The third kappa shape index (κ3) is 3.15. The maximum absolute atomic E-state index is 11.8. The fourth-order valence-electron chi connectivity index (χ4n) is 1.94. The first-order valence-corrected chi connectivity index (χ1v) is 6.62. The minimum absolute atomic E-state index is 0.307. The van der Waals surface area contributed by atoms with Gasteiger partial charge in [0.05, 0.1) is 0 Å². The molecule has 1 aliphatic heterocycles. The maximum atomic E-state index is 11.8. The van der Waals surface area contributed by atoms with Crippen molar-refractivity contribution in [2.75, 3.05) is 0 Å². The zero-order valence-corrected chi connectivity index (χ0v) is 11.3. The number of hydrogen-bond donors (Lipinski definition) is 0. The molecule has 0 bridgehead atoms. The smallest absolute Gasteiger partial charge is 0.363 e. The van der Waals surface area contributed by atoms with Crippen molar-refractivity contribution in [1.82, 2.24) is 0 Å². The van der Waals surface area contributed by atoms with Crippen molar-refractivity contribution in [3.63, 3.8) is 0 Å². The Labute approximate surface area is 122 Å². The number of esters is 1. The maximum Gasteiger partial charge on any atom is 0.363 e. The first kappa shape index (κ1) is 13.1. The fraction of sp³-hybridized carbons (Fsp3) is 0. The molecule has 21 heavy (non-hydrogen) atoms. The topological polar surface area (TPSA) is 38.7 Å². The molecule has 0 radical (unpaired) electrons. The fourth-order valence-corrected chi connectivity index (χ4v) is 1.94. The highest BCUT2D eigenvalue weighted by Crippen LogP contribution is 2.16. The van der Waals surface area contributed by atoms with Gasteiger partial charge in [0, 0.05) is 5.56 Å². The van der Waals surface area contributed by atoms with Crippen molar-refractivity contribution >= 4 is 17.9 Å². The van der Waals surface area contributed by atoms with Crippen molar-refractivity contribution in [2.45, 2.75) is 0 Å². The zero-order valence-electron chi connectivity index (χ0n) is 11.3. The third-order valence-electron chi connectivity index (χ3n) is 2.98. The van der Waals surface area contributed by atoms with Crippen molar-refractivity contribution in [3.05, 3.63) is 89.6 Å². The van der Waals surface area contributed by atoms with E-state index < -0.39 is 5.97 Å². The van der Waals surface area contributed by atoms with E-state index in [9.17, 15) is 4.79 Å². The Hall–Kier alpha value is -2.94. The number of ether oxygens (including phenoxy) is 1. The molecular weight excluding hydrogens is 262 g/mol. The lowest BCUT2D eigenvalue weighted by molar-refractivity contribution is -0.130. The molecule has 3 nitrogen and oxygen atoms in total. The second-order valence-electron chi connectivity index (χ2n) is 4.49. The van der Waals surface area contributed by atoms with E-state index in [1.54, 1.807) is 12.2 Å². The predicted molar refractivity (Wildman–Crippen MR) is 82.6 cm³/mol. The number of benzene rings is 2. The van der Waals surface area contributed by atoms with Gasteiger partial charge in [-0.3, -0.25) is 0 Å². The normalized spacial score (nSPS) is 16.3. The molecule has 0 saturated carbocycles. The van der Waals surface area contributed by atoms with Gasteiger partial charge in [-0.25, -0.2) is 9.79 Å². The minimum Gasteiger partial charge on any atom is -0.402 e. The molecule has 2 aromatic carbocycles. The Kier molecular flexibility index (Phi) is 3.74. The largest absolute Gasteiger partial charge is 0.402 e. The summed E-state index contributed by atoms with van der Waals surface area (Å²) in [5.74, 6) is -0.0773. The van der Waals surface area contributed by atoms with E-state index in [-0.39, 0.29) is 0 Å². The summed E-state index contributed by atoms with van der Waals surface area (Å²) in [4.78, 5) is 16.0. The van der Waals surface area contributed by atoms with Crippen LogP contribution in [-0.2, 0) is 9.53 Å². The number of aliphatic imine (C=N–C) groups is 1. The summed E-state index contributed by atoms with van der Waals surface area (Å²) in [7, 11) is 0. The molecule has 3 heteroatoms. The monoisotopic (exact) mass is 275 g/mol. The van der Waals surface area contributed by atoms with Gasteiger partial charge in [0.2, 0.25) is 5.90 Å². The summed E-state index contributed by atoms with van der Waals surface area (Å²) >= 11 is 0. The van der Waals surface area contributed by atoms with E-state index in [4.69, 9.17) is 4.74 Å². The van der Waals surface area contributed by atoms with E-state index in [1.807, 2.05) is 66.7 Å². The molecule has 0 saturated heterocycles. The summed E-state index contributed by atoms with van der Waals surface area (Å²) < 4.78 is 5.17. The van der Waals surface area contributed by atoms with Crippen LogP contribution in [0.5, 0.6) is 0 Å². The first-order chi connectivity index (χ1) is 10.3. The van der Waals surface area contributed by atoms with E-state index in [0.29, 0.717) is 11.6 Å². The zero-order chi connectivity index (χ0) is 14.5. The summed E-state index contributed by atoms with van der Waals surface area (Å²) in [6.07, 6.45) is 5.37. The number of cyclic esters (lactones) is 1. The molecule has 1 aliphatic rings. The Balaban J connectivity index is 1.79. The average Bonchev–Trinajstić information content (AvgIpc) is 2.91. The number of nitrogens with zero attached hydrogens (tertiary/aromatic N) is 1. The van der Waals surface area contributed by atoms with Gasteiger partial charge in [-0.1, -0.05) is 60.7 Å². The molecule has 3 rings (SSSR count). The van der Waals surface area contributed by atoms with Gasteiger partial charge in [-0.2, -0.15) is 0 Å². The number of rotatable bonds is 3. The third-order valence-corrected chi connectivity index (χ3v) is 2.98. The molecule has 0 aliphatic carbocycles. The molecule has 0 atom stereocenters. The van der Waals surface area contributed by atoms with Crippen molar-refractivity contribution < 1.29 is 9.53 Å². The second-order valence-corrected chi connectivity index (χ2v) is 4.49. The lowest BCUT2D eigenvalue weighted by Gasteiger charge is -1.97. The van der Waals surface area contributed by atoms with E-state index >= 15 is 0 Å². The average molecular weight is 275 g/mol. The van der Waals surface area contributed by atoms with Crippen LogP contribution in [0.25, 0.3) is 6.08 Å². The van der Waals surface area contributed by atoms with E-state index in [1.165, 1.54) is 0 Å². The quantitative estimate of drug-likeness (QED) is 0.634. The molecule has 102 valence electrons. The Bertz CT molecular complexity index is 728. The second kappa shape index (κ2) is 6.01. The molecule has 0 aromatic heterocycles. The molecule has 1 heterocycles. The predicted octanol–water partition coefficient (Wildman–Crippen LogP) is 3.59. The van der Waals surface area contributed by atoms with Gasteiger partial charge in [0.15, 0.2) is 5.70 Å². The number of hydrogen-bond acceptors (Lipinski definition) is 3. The minimum atomic E-state index is -0.424. The molecule has 0 N–H and O–H groups in total. The van der Waals surface area contributed by atoms with Gasteiger partial charge < -0.3 is 4.74 Å². The van der Waals surface area contributed by atoms with E-state index in [2.05, 4.69) is 4.99 Å². The Morgan fingerprint density at radius 2 is 1.57 bits per heavy atom. The summed E-state index contributed by atoms with van der Waals surface area (Å²) in [5, 5.41) is 0. The van der Waals surface area contributed by atoms with Crippen LogP contribution in [0, 0.1) is 0 Å². The summed E-state index contributed by atoms with van der Waals surface area (Å²) in [6, 6.07) is 19.2. The number of carbonyl (C=O) groups is 1. The molecule has 2 aromatic rings. The lowest BCUT2D eigenvalue weighted by atomic mass is 10.2. The lowest BCUT2D eigenvalue weighted by Crippen LogP contribution is -2.04. The van der Waals surface area contributed by atoms with Crippen LogP contribution in [0.2, 0.25) is 0 Å². The standard InChI is InChI=1S/C18H13NO2/c20-18-16(13-7-10-14-8-3-1-4-9-14)19-17(21-18)15-11-5-2-6-12-15/h1-13H/b10-7+,16-13+. The van der Waals surface area contributed by atoms with Crippen LogP contribution < -0.4 is 0 Å². The number of allylic oxidation sites excluding steroid dienone is 2. The first-order valence-electron chi connectivity index (χ1n) is 6.62. The van der Waals surface area contributed by atoms with Crippen LogP contribution in [0.15, 0.2) is 83.5 Å². The van der Waals surface area contributed by atoms with Gasteiger partial charge in [-0.05, 0) is 23.8 Å². The highest BCUT2D eigenvalue weighted by molar-refractivity contribution is 6.11. The van der Waals surface area contributed by atoms with Crippen LogP contribution in [0.3, 0.4) is 0 Å². The van der Waals surface area contributed by atoms with Gasteiger partial charge in [0.1, 0.15) is 0 Å². The van der Waals surface area contributed by atoms with Crippen molar-refractivity contribution in [2.24, 2.45) is 4.99 Å². The molecule has 0 amide bonds. The van der Waals surface area contributed by atoms with Crippen molar-refractivity contribution in [3.8, 4) is 0 Å². The SMILES string of the molecule is O=C1OC(c2ccccc2)=N/C1=C/C=C/c1ccccc1. The van der Waals surface area contributed by atoms with Crippen LogP contribution >= 0.6 is 0 Å². The number of carbonyl (C=O) groups excluding carboxylic acids is 1. The molecular formula is C18H13NO2. The Morgan fingerprint density at radius 1 is 0.905 bits per heavy atom. The van der Waals surface area contributed by atoms with Gasteiger partial charge >= 0.3 is 5.97 Å². The van der Waals surface area contributed by atoms with Gasteiger partial charge in [0.25, 0.3) is 0 Å². The van der Waals surface area contributed by atoms with Crippen LogP contribution in [-0.4, -0.2) is 11.9 Å².